The minimum Gasteiger partial charge on any atom is -0.147 e. The summed E-state index contributed by atoms with van der Waals surface area (Å²) >= 11 is -1.60. The van der Waals surface area contributed by atoms with E-state index in [9.17, 15) is 0 Å². The van der Waals surface area contributed by atoms with Gasteiger partial charge in [-0.1, -0.05) is 0 Å². The van der Waals surface area contributed by atoms with Crippen LogP contribution in [-0.2, 0) is 0 Å². The molecule has 0 atom stereocenters. The van der Waals surface area contributed by atoms with Gasteiger partial charge in [0.1, 0.15) is 0 Å². The number of ether oxygens (including phenoxy) is 1. The summed E-state index contributed by atoms with van der Waals surface area (Å²) in [6, 6.07) is 16.4. The Labute approximate surface area is 144 Å². The molecular weight excluding hydrogens is 379 g/mol. The standard InChI is InChI=1S/C16H15AsN2OS.ClH/c1-2-11-19-16(18)21-17-12-7-3-5-9-14(12)20-15-10-6-4-8-13(15)17;/h2-10H,1,11H2,(H2,18,19);1H. The van der Waals surface area contributed by atoms with Gasteiger partial charge < -0.3 is 0 Å². The van der Waals surface area contributed by atoms with Gasteiger partial charge in [0.05, 0.1) is 0 Å². The Bertz CT molecular complexity index is 663. The molecule has 22 heavy (non-hydrogen) atoms. The number of para-hydroxylation sites is 2. The zero-order valence-electron chi connectivity index (χ0n) is 11.8. The van der Waals surface area contributed by atoms with Crippen LogP contribution in [-0.4, -0.2) is 25.2 Å². The van der Waals surface area contributed by atoms with Crippen LogP contribution in [0.4, 0.5) is 0 Å². The average Bonchev–Trinajstić information content (AvgIpc) is 2.52. The number of fused-ring (bicyclic) bond motifs is 2. The number of hydrogen-bond donors (Lipinski definition) is 1. The molecule has 0 aliphatic carbocycles. The smallest absolute Gasteiger partial charge is 0.147 e. The molecule has 2 aromatic rings. The molecule has 0 bridgehead atoms. The molecule has 1 aliphatic rings. The van der Waals surface area contributed by atoms with Gasteiger partial charge in [-0.3, -0.25) is 0 Å². The Morgan fingerprint density at radius 3 is 2.23 bits per heavy atom. The second-order valence-corrected chi connectivity index (χ2v) is 11.3. The van der Waals surface area contributed by atoms with Gasteiger partial charge in [-0.25, -0.2) is 0 Å². The molecule has 0 unspecified atom stereocenters. The maximum absolute atomic E-state index is 6.07. The summed E-state index contributed by atoms with van der Waals surface area (Å²) in [5, 5.41) is 0.626. The third-order valence-electron chi connectivity index (χ3n) is 2.95. The van der Waals surface area contributed by atoms with Crippen molar-refractivity contribution in [3.05, 3.63) is 61.2 Å². The van der Waals surface area contributed by atoms with Gasteiger partial charge in [-0.05, 0) is 0 Å². The Balaban J connectivity index is 0.00000176. The van der Waals surface area contributed by atoms with Gasteiger partial charge in [0.15, 0.2) is 0 Å². The van der Waals surface area contributed by atoms with Crippen molar-refractivity contribution in [1.82, 2.24) is 0 Å². The molecule has 0 saturated heterocycles. The van der Waals surface area contributed by atoms with Crippen LogP contribution in [0.2, 0.25) is 0 Å². The second-order valence-electron chi connectivity index (χ2n) is 4.39. The van der Waals surface area contributed by atoms with Gasteiger partial charge >= 0.3 is 132 Å². The summed E-state index contributed by atoms with van der Waals surface area (Å²) in [4.78, 5) is 4.32. The number of nitrogens with two attached hydrogens (primary N) is 1. The van der Waals surface area contributed by atoms with Crippen molar-refractivity contribution >= 4 is 49.8 Å². The molecule has 6 heteroatoms. The predicted molar refractivity (Wildman–Crippen MR) is 99.5 cm³/mol. The first-order valence-electron chi connectivity index (χ1n) is 6.54. The summed E-state index contributed by atoms with van der Waals surface area (Å²) in [7, 11) is 1.69. The van der Waals surface area contributed by atoms with Crippen LogP contribution in [0.15, 0.2) is 66.2 Å². The summed E-state index contributed by atoms with van der Waals surface area (Å²) < 4.78 is 8.53. The number of hydrogen-bond acceptors (Lipinski definition) is 3. The van der Waals surface area contributed by atoms with E-state index in [4.69, 9.17) is 10.5 Å². The van der Waals surface area contributed by atoms with E-state index in [0.717, 1.165) is 11.5 Å². The van der Waals surface area contributed by atoms with Crippen molar-refractivity contribution in [3.8, 4) is 11.5 Å². The molecule has 2 aromatic carbocycles. The summed E-state index contributed by atoms with van der Waals surface area (Å²) in [6.45, 7) is 4.23. The first-order chi connectivity index (χ1) is 10.3. The number of halogens is 1. The van der Waals surface area contributed by atoms with Crippen LogP contribution in [0.1, 0.15) is 0 Å². The van der Waals surface area contributed by atoms with Crippen molar-refractivity contribution in [2.75, 3.05) is 6.54 Å². The first-order valence-corrected chi connectivity index (χ1v) is 11.5. The third-order valence-corrected chi connectivity index (χ3v) is 11.2. The van der Waals surface area contributed by atoms with Crippen molar-refractivity contribution in [1.29, 1.82) is 0 Å². The number of rotatable bonds is 3. The Morgan fingerprint density at radius 1 is 1.14 bits per heavy atom. The molecule has 0 spiro atoms. The van der Waals surface area contributed by atoms with E-state index in [1.807, 2.05) is 24.3 Å². The maximum atomic E-state index is 6.07. The zero-order chi connectivity index (χ0) is 14.7. The number of nitrogens with zero attached hydrogens (tertiary/aromatic N) is 1. The van der Waals surface area contributed by atoms with Crippen LogP contribution in [0.3, 0.4) is 0 Å². The SMILES string of the molecule is C=CCN=C(N)S[As]1c2ccccc2Oc2ccccc21.Cl. The van der Waals surface area contributed by atoms with E-state index < -0.39 is 13.5 Å². The Hall–Kier alpha value is -1.35. The fourth-order valence-electron chi connectivity index (χ4n) is 2.05. The molecule has 1 aliphatic heterocycles. The molecule has 2 N–H and O–H groups in total. The summed E-state index contributed by atoms with van der Waals surface area (Å²) in [6.07, 6.45) is 1.75. The minimum atomic E-state index is -1.60. The molecule has 1 heterocycles. The molecular formula is C16H16AsClN2OS. The molecule has 0 fully saturated rings. The van der Waals surface area contributed by atoms with Crippen molar-refractivity contribution in [2.24, 2.45) is 10.7 Å². The second kappa shape index (κ2) is 7.77. The van der Waals surface area contributed by atoms with Crippen LogP contribution < -0.4 is 19.2 Å². The largest absolute Gasteiger partial charge is 0.147 e. The molecule has 0 amide bonds. The van der Waals surface area contributed by atoms with E-state index in [1.54, 1.807) is 16.1 Å². The fraction of sp³-hybridized carbons (Fsp3) is 0.0625. The van der Waals surface area contributed by atoms with E-state index >= 15 is 0 Å². The average molecular weight is 395 g/mol. The molecule has 114 valence electrons. The van der Waals surface area contributed by atoms with Gasteiger partial charge in [0.2, 0.25) is 0 Å². The number of benzene rings is 2. The minimum absolute atomic E-state index is 0. The first kappa shape index (κ1) is 17.0. The quantitative estimate of drug-likeness (QED) is 0.377. The van der Waals surface area contributed by atoms with Crippen molar-refractivity contribution < 1.29 is 4.74 Å². The summed E-state index contributed by atoms with van der Waals surface area (Å²) in [5.41, 5.74) is 6.07. The fourth-order valence-corrected chi connectivity index (χ4v) is 9.73. The summed E-state index contributed by atoms with van der Waals surface area (Å²) in [5.74, 6) is 1.89. The van der Waals surface area contributed by atoms with Crippen LogP contribution in [0.25, 0.3) is 0 Å². The molecule has 0 radical (unpaired) electrons. The Kier molecular flexibility index (Phi) is 6.01. The van der Waals surface area contributed by atoms with Crippen LogP contribution in [0, 0.1) is 0 Å². The van der Waals surface area contributed by atoms with Crippen molar-refractivity contribution in [3.63, 3.8) is 0 Å². The van der Waals surface area contributed by atoms with E-state index in [2.05, 4.69) is 35.8 Å². The van der Waals surface area contributed by atoms with Crippen molar-refractivity contribution in [2.45, 2.75) is 0 Å². The zero-order valence-corrected chi connectivity index (χ0v) is 15.3. The molecule has 0 saturated carbocycles. The predicted octanol–water partition coefficient (Wildman–Crippen LogP) is 2.55. The normalized spacial score (nSPS) is 13.4. The topological polar surface area (TPSA) is 47.6 Å². The Morgan fingerprint density at radius 2 is 1.68 bits per heavy atom. The molecule has 3 rings (SSSR count). The van der Waals surface area contributed by atoms with Gasteiger partial charge in [0, 0.05) is 0 Å². The monoisotopic (exact) mass is 394 g/mol. The van der Waals surface area contributed by atoms with Gasteiger partial charge in [-0.2, -0.15) is 0 Å². The van der Waals surface area contributed by atoms with E-state index in [1.165, 1.54) is 8.70 Å². The third kappa shape index (κ3) is 3.52. The number of amidine groups is 1. The van der Waals surface area contributed by atoms with Crippen LogP contribution in [0.5, 0.6) is 11.5 Å². The van der Waals surface area contributed by atoms with Crippen LogP contribution >= 0.6 is 22.4 Å². The number of aliphatic imine (C=N–C) groups is 1. The molecule has 0 aromatic heterocycles. The molecule has 3 nitrogen and oxygen atoms in total. The van der Waals surface area contributed by atoms with E-state index in [-0.39, 0.29) is 12.4 Å². The van der Waals surface area contributed by atoms with Gasteiger partial charge in [-0.15, -0.1) is 12.4 Å². The maximum Gasteiger partial charge on any atom is -0.147 e. The van der Waals surface area contributed by atoms with E-state index in [0.29, 0.717) is 11.7 Å². The van der Waals surface area contributed by atoms with Gasteiger partial charge in [0.25, 0.3) is 0 Å².